The highest BCUT2D eigenvalue weighted by atomic mass is 35.5. The molecule has 1 N–H and O–H groups in total. The average molecular weight is 296 g/mol. The second-order valence-corrected chi connectivity index (χ2v) is 5.69. The van der Waals surface area contributed by atoms with Gasteiger partial charge in [0.15, 0.2) is 0 Å². The predicted molar refractivity (Wildman–Crippen MR) is 76.5 cm³/mol. The molecule has 1 amide bonds. The standard InChI is InChI=1S/C15H18ClNO3/c16-13-6-3-12(4-7-13)9-17(10-15(19)20)14(18)8-5-11-1-2-11/h3-4,6-7,11H,1-2,5,8-10H2,(H,19,20). The van der Waals surface area contributed by atoms with Crippen molar-refractivity contribution in [1.82, 2.24) is 4.90 Å². The number of aliphatic carboxylic acids is 1. The first-order valence-electron chi connectivity index (χ1n) is 6.78. The van der Waals surface area contributed by atoms with Crippen LogP contribution in [0.15, 0.2) is 24.3 Å². The summed E-state index contributed by atoms with van der Waals surface area (Å²) < 4.78 is 0. The van der Waals surface area contributed by atoms with Gasteiger partial charge in [-0.1, -0.05) is 36.6 Å². The topological polar surface area (TPSA) is 57.6 Å². The predicted octanol–water partition coefficient (Wildman–Crippen LogP) is 2.94. The Kier molecular flexibility index (Phi) is 5.01. The lowest BCUT2D eigenvalue weighted by Crippen LogP contribution is -2.35. The summed E-state index contributed by atoms with van der Waals surface area (Å²) in [5, 5.41) is 9.55. The highest BCUT2D eigenvalue weighted by Crippen LogP contribution is 2.33. The van der Waals surface area contributed by atoms with Crippen molar-refractivity contribution in [2.24, 2.45) is 5.92 Å². The summed E-state index contributed by atoms with van der Waals surface area (Å²) in [5.74, 6) is -0.408. The molecule has 0 heterocycles. The van der Waals surface area contributed by atoms with Crippen LogP contribution >= 0.6 is 11.6 Å². The molecule has 0 radical (unpaired) electrons. The summed E-state index contributed by atoms with van der Waals surface area (Å²) in [4.78, 5) is 24.4. The molecule has 108 valence electrons. The number of benzene rings is 1. The summed E-state index contributed by atoms with van der Waals surface area (Å²) in [6.07, 6.45) is 3.70. The first-order chi connectivity index (χ1) is 9.54. The van der Waals surface area contributed by atoms with Gasteiger partial charge in [-0.3, -0.25) is 9.59 Å². The molecule has 1 aliphatic carbocycles. The monoisotopic (exact) mass is 295 g/mol. The van der Waals surface area contributed by atoms with E-state index < -0.39 is 5.97 Å². The number of halogens is 1. The number of hydrogen-bond donors (Lipinski definition) is 1. The number of amides is 1. The summed E-state index contributed by atoms with van der Waals surface area (Å²) >= 11 is 5.81. The molecule has 0 aromatic heterocycles. The van der Waals surface area contributed by atoms with Gasteiger partial charge in [0, 0.05) is 18.0 Å². The van der Waals surface area contributed by atoms with E-state index in [-0.39, 0.29) is 12.5 Å². The molecule has 0 saturated heterocycles. The fourth-order valence-electron chi connectivity index (χ4n) is 2.10. The molecule has 0 spiro atoms. The van der Waals surface area contributed by atoms with Crippen molar-refractivity contribution in [3.05, 3.63) is 34.9 Å². The Morgan fingerprint density at radius 2 is 1.90 bits per heavy atom. The van der Waals surface area contributed by atoms with E-state index in [0.717, 1.165) is 12.0 Å². The second-order valence-electron chi connectivity index (χ2n) is 5.25. The number of carbonyl (C=O) groups is 2. The van der Waals surface area contributed by atoms with Crippen molar-refractivity contribution >= 4 is 23.5 Å². The fourth-order valence-corrected chi connectivity index (χ4v) is 2.22. The molecular formula is C15H18ClNO3. The Labute approximate surface area is 123 Å². The SMILES string of the molecule is O=C(O)CN(Cc1ccc(Cl)cc1)C(=O)CCC1CC1. The molecule has 1 aliphatic rings. The van der Waals surface area contributed by atoms with Gasteiger partial charge in [-0.2, -0.15) is 0 Å². The van der Waals surface area contributed by atoms with E-state index in [2.05, 4.69) is 0 Å². The van der Waals surface area contributed by atoms with Crippen molar-refractivity contribution < 1.29 is 14.7 Å². The lowest BCUT2D eigenvalue weighted by molar-refractivity contribution is -0.145. The van der Waals surface area contributed by atoms with Crippen LogP contribution in [0.25, 0.3) is 0 Å². The Bertz CT molecular complexity index is 482. The van der Waals surface area contributed by atoms with Crippen LogP contribution < -0.4 is 0 Å². The Morgan fingerprint density at radius 1 is 1.25 bits per heavy atom. The molecule has 20 heavy (non-hydrogen) atoms. The normalized spacial score (nSPS) is 14.1. The zero-order chi connectivity index (χ0) is 14.5. The molecule has 2 rings (SSSR count). The van der Waals surface area contributed by atoms with Gasteiger partial charge in [-0.25, -0.2) is 0 Å². The number of rotatable bonds is 7. The molecule has 1 aromatic carbocycles. The first-order valence-corrected chi connectivity index (χ1v) is 7.16. The quantitative estimate of drug-likeness (QED) is 0.841. The van der Waals surface area contributed by atoms with E-state index in [0.29, 0.717) is 23.9 Å². The summed E-state index contributed by atoms with van der Waals surface area (Å²) in [7, 11) is 0. The summed E-state index contributed by atoms with van der Waals surface area (Å²) in [6.45, 7) is 0.0547. The number of carbonyl (C=O) groups excluding carboxylic acids is 1. The van der Waals surface area contributed by atoms with Crippen molar-refractivity contribution in [3.8, 4) is 0 Å². The first kappa shape index (κ1) is 14.9. The molecule has 0 aliphatic heterocycles. The third kappa shape index (κ3) is 4.85. The smallest absolute Gasteiger partial charge is 0.323 e. The zero-order valence-corrected chi connectivity index (χ0v) is 12.0. The Balaban J connectivity index is 1.95. The highest BCUT2D eigenvalue weighted by molar-refractivity contribution is 6.30. The molecule has 4 nitrogen and oxygen atoms in total. The van der Waals surface area contributed by atoms with Crippen LogP contribution in [0, 0.1) is 5.92 Å². The van der Waals surface area contributed by atoms with Gasteiger partial charge in [-0.05, 0) is 30.0 Å². The number of carboxylic acids is 1. The van der Waals surface area contributed by atoms with Gasteiger partial charge in [0.05, 0.1) is 0 Å². The molecule has 1 fully saturated rings. The van der Waals surface area contributed by atoms with Gasteiger partial charge in [0.1, 0.15) is 6.54 Å². The van der Waals surface area contributed by atoms with Crippen molar-refractivity contribution in [3.63, 3.8) is 0 Å². The number of hydrogen-bond acceptors (Lipinski definition) is 2. The van der Waals surface area contributed by atoms with E-state index in [4.69, 9.17) is 16.7 Å². The van der Waals surface area contributed by atoms with Gasteiger partial charge in [-0.15, -0.1) is 0 Å². The third-order valence-corrected chi connectivity index (χ3v) is 3.68. The molecule has 0 atom stereocenters. The van der Waals surface area contributed by atoms with Crippen LogP contribution in [0.4, 0.5) is 0 Å². The number of nitrogens with zero attached hydrogens (tertiary/aromatic N) is 1. The van der Waals surface area contributed by atoms with Crippen molar-refractivity contribution in [1.29, 1.82) is 0 Å². The van der Waals surface area contributed by atoms with Gasteiger partial charge < -0.3 is 10.0 Å². The minimum absolute atomic E-state index is 0.0887. The van der Waals surface area contributed by atoms with Crippen LogP contribution in [0.5, 0.6) is 0 Å². The van der Waals surface area contributed by atoms with E-state index in [1.54, 1.807) is 12.1 Å². The Hall–Kier alpha value is -1.55. The zero-order valence-electron chi connectivity index (χ0n) is 11.2. The molecule has 0 unspecified atom stereocenters. The van der Waals surface area contributed by atoms with E-state index >= 15 is 0 Å². The summed E-state index contributed by atoms with van der Waals surface area (Å²) in [6, 6.07) is 7.10. The molecule has 0 bridgehead atoms. The minimum Gasteiger partial charge on any atom is -0.480 e. The molecule has 1 saturated carbocycles. The maximum absolute atomic E-state index is 12.1. The average Bonchev–Trinajstić information content (AvgIpc) is 3.21. The highest BCUT2D eigenvalue weighted by Gasteiger charge is 2.24. The maximum Gasteiger partial charge on any atom is 0.323 e. The van der Waals surface area contributed by atoms with E-state index in [1.165, 1.54) is 17.7 Å². The second kappa shape index (κ2) is 6.75. The largest absolute Gasteiger partial charge is 0.480 e. The maximum atomic E-state index is 12.1. The Morgan fingerprint density at radius 3 is 2.45 bits per heavy atom. The molecule has 1 aromatic rings. The summed E-state index contributed by atoms with van der Waals surface area (Å²) in [5.41, 5.74) is 0.885. The van der Waals surface area contributed by atoms with Crippen molar-refractivity contribution in [2.75, 3.05) is 6.54 Å². The van der Waals surface area contributed by atoms with Gasteiger partial charge in [0.25, 0.3) is 0 Å². The van der Waals surface area contributed by atoms with Gasteiger partial charge >= 0.3 is 5.97 Å². The van der Waals surface area contributed by atoms with E-state index in [1.807, 2.05) is 12.1 Å². The fraction of sp³-hybridized carbons (Fsp3) is 0.467. The van der Waals surface area contributed by atoms with Crippen LogP contribution in [0.2, 0.25) is 5.02 Å². The third-order valence-electron chi connectivity index (χ3n) is 3.43. The lowest BCUT2D eigenvalue weighted by atomic mass is 10.1. The van der Waals surface area contributed by atoms with Gasteiger partial charge in [0.2, 0.25) is 5.91 Å². The van der Waals surface area contributed by atoms with Crippen LogP contribution in [0.3, 0.4) is 0 Å². The minimum atomic E-state index is -0.987. The number of carboxylic acid groups (broad SMARTS) is 1. The van der Waals surface area contributed by atoms with Crippen LogP contribution in [-0.4, -0.2) is 28.4 Å². The van der Waals surface area contributed by atoms with E-state index in [9.17, 15) is 9.59 Å². The van der Waals surface area contributed by atoms with Crippen molar-refractivity contribution in [2.45, 2.75) is 32.2 Å². The molecule has 5 heteroatoms. The van der Waals surface area contributed by atoms with Crippen LogP contribution in [0.1, 0.15) is 31.2 Å². The lowest BCUT2D eigenvalue weighted by Gasteiger charge is -2.21. The molecular weight excluding hydrogens is 278 g/mol. The van der Waals surface area contributed by atoms with Crippen LogP contribution in [-0.2, 0) is 16.1 Å².